The Kier molecular flexibility index (Phi) is 3.78. The largest absolute Gasteiger partial charge is 0.461 e. The van der Waals surface area contributed by atoms with Crippen LogP contribution in [0.25, 0.3) is 0 Å². The molecule has 5 nitrogen and oxygen atoms in total. The molecule has 0 aliphatic heterocycles. The lowest BCUT2D eigenvalue weighted by molar-refractivity contribution is 0.0525. The smallest absolute Gasteiger partial charge is 0.369 e. The third-order valence-corrected chi connectivity index (χ3v) is 2.24. The summed E-state index contributed by atoms with van der Waals surface area (Å²) < 4.78 is 4.76. The first-order chi connectivity index (χ1) is 6.27. The van der Waals surface area contributed by atoms with Crippen LogP contribution in [0.3, 0.4) is 0 Å². The maximum absolute atomic E-state index is 11.1. The summed E-state index contributed by atoms with van der Waals surface area (Å²) in [4.78, 5) is 11.1. The molecule has 13 heavy (non-hydrogen) atoms. The highest BCUT2D eigenvalue weighted by Gasteiger charge is 2.12. The van der Waals surface area contributed by atoms with Gasteiger partial charge >= 0.3 is 5.97 Å². The number of nitrogens with two attached hydrogens (primary N) is 1. The Morgan fingerprint density at radius 3 is 3.00 bits per heavy atom. The Bertz CT molecular complexity index is 287. The van der Waals surface area contributed by atoms with Crippen LogP contribution in [0.1, 0.15) is 21.7 Å². The molecule has 6 heteroatoms. The number of esters is 1. The van der Waals surface area contributed by atoms with E-state index in [0.717, 1.165) is 5.01 Å². The van der Waals surface area contributed by atoms with Gasteiger partial charge in [-0.15, -0.1) is 10.2 Å². The number of hydrogen-bond donors (Lipinski definition) is 1. The van der Waals surface area contributed by atoms with E-state index in [9.17, 15) is 4.79 Å². The summed E-state index contributed by atoms with van der Waals surface area (Å²) in [6, 6.07) is 0. The van der Waals surface area contributed by atoms with Gasteiger partial charge in [-0.05, 0) is 13.5 Å². The van der Waals surface area contributed by atoms with Gasteiger partial charge in [-0.3, -0.25) is 0 Å². The molecule has 1 aromatic rings. The van der Waals surface area contributed by atoms with E-state index >= 15 is 0 Å². The van der Waals surface area contributed by atoms with E-state index in [1.54, 1.807) is 6.92 Å². The summed E-state index contributed by atoms with van der Waals surface area (Å²) in [7, 11) is 0. The molecule has 1 heterocycles. The van der Waals surface area contributed by atoms with E-state index in [2.05, 4.69) is 10.2 Å². The van der Waals surface area contributed by atoms with Gasteiger partial charge in [0.05, 0.1) is 6.61 Å². The molecule has 0 aliphatic carbocycles. The van der Waals surface area contributed by atoms with E-state index in [1.807, 2.05) is 0 Å². The predicted octanol–water partition coefficient (Wildman–Crippen LogP) is 0.216. The van der Waals surface area contributed by atoms with Crippen molar-refractivity contribution in [3.05, 3.63) is 10.0 Å². The molecule has 0 amide bonds. The zero-order valence-electron chi connectivity index (χ0n) is 7.32. The molecule has 2 N–H and O–H groups in total. The second-order valence-electron chi connectivity index (χ2n) is 2.26. The van der Waals surface area contributed by atoms with Crippen molar-refractivity contribution >= 4 is 17.3 Å². The minimum atomic E-state index is -0.414. The first kappa shape index (κ1) is 10.1. The summed E-state index contributed by atoms with van der Waals surface area (Å²) in [6.45, 7) is 2.61. The Morgan fingerprint density at radius 1 is 1.62 bits per heavy atom. The molecule has 0 saturated carbocycles. The monoisotopic (exact) mass is 201 g/mol. The van der Waals surface area contributed by atoms with Crippen LogP contribution in [0.2, 0.25) is 0 Å². The van der Waals surface area contributed by atoms with Crippen molar-refractivity contribution in [1.82, 2.24) is 10.2 Å². The Morgan fingerprint density at radius 2 is 2.38 bits per heavy atom. The third-order valence-electron chi connectivity index (χ3n) is 1.28. The molecule has 0 bridgehead atoms. The van der Waals surface area contributed by atoms with Crippen LogP contribution in [-0.2, 0) is 11.2 Å². The van der Waals surface area contributed by atoms with E-state index in [-0.39, 0.29) is 0 Å². The molecule has 0 saturated heterocycles. The second kappa shape index (κ2) is 4.88. The number of ether oxygens (including phenoxy) is 1. The van der Waals surface area contributed by atoms with E-state index < -0.39 is 5.97 Å². The maximum Gasteiger partial charge on any atom is 0.369 e. The number of carbonyl (C=O) groups is 1. The van der Waals surface area contributed by atoms with Gasteiger partial charge in [0.25, 0.3) is 0 Å². The van der Waals surface area contributed by atoms with E-state index in [1.165, 1.54) is 11.3 Å². The van der Waals surface area contributed by atoms with Gasteiger partial charge in [0.2, 0.25) is 5.01 Å². The molecule has 0 spiro atoms. The fourth-order valence-corrected chi connectivity index (χ4v) is 1.50. The highest BCUT2D eigenvalue weighted by molar-refractivity contribution is 7.13. The quantitative estimate of drug-likeness (QED) is 0.705. The second-order valence-corrected chi connectivity index (χ2v) is 3.32. The molecule has 0 fully saturated rings. The molecule has 0 aromatic carbocycles. The molecular formula is C7H11N3O2S. The Hall–Kier alpha value is -1.01. The van der Waals surface area contributed by atoms with Gasteiger partial charge in [-0.1, -0.05) is 11.3 Å². The Labute approximate surface area is 79.9 Å². The Balaban J connectivity index is 2.62. The molecular weight excluding hydrogens is 190 g/mol. The van der Waals surface area contributed by atoms with Crippen LogP contribution in [0.4, 0.5) is 0 Å². The summed E-state index contributed by atoms with van der Waals surface area (Å²) >= 11 is 1.23. The van der Waals surface area contributed by atoms with Gasteiger partial charge in [0.1, 0.15) is 5.01 Å². The average molecular weight is 201 g/mol. The first-order valence-electron chi connectivity index (χ1n) is 3.97. The fraction of sp³-hybridized carbons (Fsp3) is 0.571. The average Bonchev–Trinajstić information content (AvgIpc) is 2.54. The molecule has 0 atom stereocenters. The molecule has 1 rings (SSSR count). The summed E-state index contributed by atoms with van der Waals surface area (Å²) in [5, 5.41) is 8.55. The van der Waals surface area contributed by atoms with Crippen LogP contribution >= 0.6 is 11.3 Å². The molecule has 0 radical (unpaired) electrons. The van der Waals surface area contributed by atoms with E-state index in [0.29, 0.717) is 24.6 Å². The summed E-state index contributed by atoms with van der Waals surface area (Å²) in [5.74, 6) is -0.414. The summed E-state index contributed by atoms with van der Waals surface area (Å²) in [6.07, 6.45) is 0.650. The topological polar surface area (TPSA) is 78.1 Å². The van der Waals surface area contributed by atoms with Crippen molar-refractivity contribution in [1.29, 1.82) is 0 Å². The fourth-order valence-electron chi connectivity index (χ4n) is 0.753. The van der Waals surface area contributed by atoms with E-state index in [4.69, 9.17) is 10.5 Å². The van der Waals surface area contributed by atoms with Crippen molar-refractivity contribution in [2.45, 2.75) is 13.3 Å². The number of carbonyl (C=O) groups excluding carboxylic acids is 1. The number of hydrogen-bond acceptors (Lipinski definition) is 6. The van der Waals surface area contributed by atoms with Crippen molar-refractivity contribution in [2.24, 2.45) is 5.73 Å². The minimum Gasteiger partial charge on any atom is -0.461 e. The zero-order valence-corrected chi connectivity index (χ0v) is 8.13. The van der Waals surface area contributed by atoms with Gasteiger partial charge in [-0.2, -0.15) is 0 Å². The standard InChI is InChI=1S/C7H11N3O2S/c1-2-12-7(11)6-10-9-5(13-6)3-4-8/h2-4,8H2,1H3. The highest BCUT2D eigenvalue weighted by atomic mass is 32.1. The molecule has 1 aromatic heterocycles. The molecule has 0 unspecified atom stereocenters. The lowest BCUT2D eigenvalue weighted by atomic mass is 10.5. The van der Waals surface area contributed by atoms with Crippen LogP contribution < -0.4 is 5.73 Å². The molecule has 72 valence electrons. The first-order valence-corrected chi connectivity index (χ1v) is 4.79. The zero-order chi connectivity index (χ0) is 9.68. The summed E-state index contributed by atoms with van der Waals surface area (Å²) in [5.41, 5.74) is 5.33. The number of nitrogens with zero attached hydrogens (tertiary/aromatic N) is 2. The van der Waals surface area contributed by atoms with Crippen LogP contribution in [-0.4, -0.2) is 29.3 Å². The maximum atomic E-state index is 11.1. The predicted molar refractivity (Wildman–Crippen MR) is 48.6 cm³/mol. The lowest BCUT2D eigenvalue weighted by Gasteiger charge is -1.94. The van der Waals surface area contributed by atoms with Gasteiger partial charge in [0.15, 0.2) is 0 Å². The third kappa shape index (κ3) is 2.74. The normalized spacial score (nSPS) is 10.0. The van der Waals surface area contributed by atoms with Crippen molar-refractivity contribution < 1.29 is 9.53 Å². The van der Waals surface area contributed by atoms with Gasteiger partial charge in [0, 0.05) is 6.42 Å². The molecule has 0 aliphatic rings. The van der Waals surface area contributed by atoms with Gasteiger partial charge < -0.3 is 10.5 Å². The minimum absolute atomic E-state index is 0.297. The number of rotatable bonds is 4. The highest BCUT2D eigenvalue weighted by Crippen LogP contribution is 2.10. The van der Waals surface area contributed by atoms with Crippen LogP contribution in [0, 0.1) is 0 Å². The van der Waals surface area contributed by atoms with Crippen molar-refractivity contribution in [3.63, 3.8) is 0 Å². The van der Waals surface area contributed by atoms with Gasteiger partial charge in [-0.25, -0.2) is 4.79 Å². The van der Waals surface area contributed by atoms with Crippen LogP contribution in [0.15, 0.2) is 0 Å². The van der Waals surface area contributed by atoms with Crippen molar-refractivity contribution in [3.8, 4) is 0 Å². The SMILES string of the molecule is CCOC(=O)c1nnc(CCN)s1. The van der Waals surface area contributed by atoms with Crippen molar-refractivity contribution in [2.75, 3.05) is 13.2 Å². The lowest BCUT2D eigenvalue weighted by Crippen LogP contribution is -2.03. The van der Waals surface area contributed by atoms with Crippen LogP contribution in [0.5, 0.6) is 0 Å². The number of aromatic nitrogens is 2.